The van der Waals surface area contributed by atoms with Gasteiger partial charge in [-0.15, -0.1) is 0 Å². The van der Waals surface area contributed by atoms with Gasteiger partial charge >= 0.3 is 0 Å². The van der Waals surface area contributed by atoms with Crippen molar-refractivity contribution >= 4 is 11.9 Å². The van der Waals surface area contributed by atoms with Crippen LogP contribution < -0.4 is 10.2 Å². The van der Waals surface area contributed by atoms with E-state index in [1.165, 1.54) is 5.69 Å². The van der Waals surface area contributed by atoms with Gasteiger partial charge in [0.05, 0.1) is 17.9 Å². The van der Waals surface area contributed by atoms with Crippen molar-refractivity contribution in [3.05, 3.63) is 35.4 Å². The van der Waals surface area contributed by atoms with E-state index >= 15 is 0 Å². The molecule has 1 aliphatic heterocycles. The minimum absolute atomic E-state index is 0.0822. The Balaban J connectivity index is 1.55. The van der Waals surface area contributed by atoms with E-state index in [2.05, 4.69) is 36.0 Å². The number of hydrogen-bond acceptors (Lipinski definition) is 6. The molecule has 1 amide bonds. The molecule has 1 N–H and O–H groups in total. The lowest BCUT2D eigenvalue weighted by atomic mass is 10.2. The summed E-state index contributed by atoms with van der Waals surface area (Å²) in [4.78, 5) is 24.9. The zero-order valence-electron chi connectivity index (χ0n) is 16.6. The van der Waals surface area contributed by atoms with Gasteiger partial charge in [-0.1, -0.05) is 0 Å². The van der Waals surface area contributed by atoms with Gasteiger partial charge in [0.1, 0.15) is 0 Å². The molecule has 27 heavy (non-hydrogen) atoms. The number of aromatic nitrogens is 4. The van der Waals surface area contributed by atoms with Crippen molar-refractivity contribution in [3.63, 3.8) is 0 Å². The summed E-state index contributed by atoms with van der Waals surface area (Å²) in [6.07, 6.45) is 4.95. The van der Waals surface area contributed by atoms with Crippen LogP contribution in [0.3, 0.4) is 0 Å². The van der Waals surface area contributed by atoms with Crippen LogP contribution in [0.1, 0.15) is 37.2 Å². The van der Waals surface area contributed by atoms with Crippen molar-refractivity contribution in [2.24, 2.45) is 0 Å². The smallest absolute Gasteiger partial charge is 0.224 e. The largest absolute Gasteiger partial charge is 0.354 e. The van der Waals surface area contributed by atoms with E-state index in [4.69, 9.17) is 0 Å². The summed E-state index contributed by atoms with van der Waals surface area (Å²) in [7, 11) is 3.87. The Morgan fingerprint density at radius 1 is 1.26 bits per heavy atom. The third-order valence-corrected chi connectivity index (χ3v) is 4.48. The normalized spacial score (nSPS) is 14.3. The van der Waals surface area contributed by atoms with Crippen molar-refractivity contribution < 1.29 is 4.79 Å². The summed E-state index contributed by atoms with van der Waals surface area (Å²) in [5.74, 6) is 0.806. The van der Waals surface area contributed by atoms with Crippen molar-refractivity contribution in [1.29, 1.82) is 0 Å². The van der Waals surface area contributed by atoms with Crippen LogP contribution in [-0.2, 0) is 30.8 Å². The first-order chi connectivity index (χ1) is 12.9. The number of hydrogen-bond donors (Lipinski definition) is 1. The average Bonchev–Trinajstić information content (AvgIpc) is 3.02. The fourth-order valence-electron chi connectivity index (χ4n) is 3.19. The van der Waals surface area contributed by atoms with Crippen molar-refractivity contribution in [3.8, 4) is 0 Å². The molecule has 0 atom stereocenters. The van der Waals surface area contributed by atoms with Crippen LogP contribution in [0, 0.1) is 0 Å². The third-order valence-electron chi connectivity index (χ3n) is 4.48. The molecule has 2 aromatic heterocycles. The Morgan fingerprint density at radius 3 is 2.67 bits per heavy atom. The topological polar surface area (TPSA) is 79.2 Å². The van der Waals surface area contributed by atoms with Crippen LogP contribution in [0.5, 0.6) is 0 Å². The molecule has 0 saturated carbocycles. The second-order valence-corrected chi connectivity index (χ2v) is 7.57. The highest BCUT2D eigenvalue weighted by molar-refractivity contribution is 5.76. The summed E-state index contributed by atoms with van der Waals surface area (Å²) in [5.41, 5.74) is 3.30. The standard InChI is InChI=1S/C19H29N7O/c1-14(2)22-18(27)6-5-16-9-17-13-25(7-8-26(17)23-16)12-15-10-20-19(21-11-15)24(3)4/h9-11,14H,5-8,12-13H2,1-4H3,(H,22,27). The zero-order chi connectivity index (χ0) is 19.4. The maximum Gasteiger partial charge on any atom is 0.224 e. The number of rotatable bonds is 7. The molecule has 0 aliphatic carbocycles. The summed E-state index contributed by atoms with van der Waals surface area (Å²) in [6.45, 7) is 7.43. The van der Waals surface area contributed by atoms with E-state index in [0.717, 1.165) is 43.4 Å². The van der Waals surface area contributed by atoms with E-state index in [1.807, 2.05) is 45.2 Å². The van der Waals surface area contributed by atoms with Crippen LogP contribution in [0.25, 0.3) is 0 Å². The molecule has 0 spiro atoms. The Hall–Kier alpha value is -2.48. The number of carbonyl (C=O) groups excluding carboxylic acids is 1. The summed E-state index contributed by atoms with van der Waals surface area (Å²) < 4.78 is 2.07. The molecule has 3 heterocycles. The molecule has 3 rings (SSSR count). The second kappa shape index (κ2) is 8.47. The van der Waals surface area contributed by atoms with Gasteiger partial charge in [0.15, 0.2) is 0 Å². The molecule has 8 nitrogen and oxygen atoms in total. The van der Waals surface area contributed by atoms with Gasteiger partial charge in [-0.3, -0.25) is 14.4 Å². The first kappa shape index (κ1) is 19.3. The summed E-state index contributed by atoms with van der Waals surface area (Å²) >= 11 is 0. The Bertz CT molecular complexity index is 767. The Kier molecular flexibility index (Phi) is 6.05. The molecule has 2 aromatic rings. The predicted octanol–water partition coefficient (Wildman–Crippen LogP) is 1.21. The molecular formula is C19H29N7O. The zero-order valence-corrected chi connectivity index (χ0v) is 16.6. The van der Waals surface area contributed by atoms with Gasteiger partial charge in [-0.25, -0.2) is 9.97 Å². The summed E-state index contributed by atoms with van der Waals surface area (Å²) in [6, 6.07) is 2.30. The number of fused-ring (bicyclic) bond motifs is 1. The van der Waals surface area contributed by atoms with Gasteiger partial charge in [-0.05, 0) is 19.9 Å². The lowest BCUT2D eigenvalue weighted by Crippen LogP contribution is -2.33. The minimum atomic E-state index is 0.0822. The van der Waals surface area contributed by atoms with Crippen LogP contribution in [0.4, 0.5) is 5.95 Å². The molecule has 0 fully saturated rings. The fourth-order valence-corrected chi connectivity index (χ4v) is 3.19. The number of aryl methyl sites for hydroxylation is 1. The number of anilines is 1. The highest BCUT2D eigenvalue weighted by Crippen LogP contribution is 2.17. The van der Waals surface area contributed by atoms with Gasteiger partial charge in [-0.2, -0.15) is 5.10 Å². The van der Waals surface area contributed by atoms with Crippen molar-refractivity contribution in [2.75, 3.05) is 25.5 Å². The SMILES string of the molecule is CC(C)NC(=O)CCc1cc2n(n1)CCN(Cc1cnc(N(C)C)nc1)C2. The van der Waals surface area contributed by atoms with E-state index < -0.39 is 0 Å². The van der Waals surface area contributed by atoms with Crippen molar-refractivity contribution in [2.45, 2.75) is 52.4 Å². The second-order valence-electron chi connectivity index (χ2n) is 7.57. The van der Waals surface area contributed by atoms with Gasteiger partial charge in [0.25, 0.3) is 0 Å². The van der Waals surface area contributed by atoms with Crippen LogP contribution in [0.2, 0.25) is 0 Å². The van der Waals surface area contributed by atoms with E-state index in [-0.39, 0.29) is 11.9 Å². The minimum Gasteiger partial charge on any atom is -0.354 e. The molecular weight excluding hydrogens is 342 g/mol. The highest BCUT2D eigenvalue weighted by Gasteiger charge is 2.19. The molecule has 0 aromatic carbocycles. The molecule has 0 bridgehead atoms. The number of amides is 1. The third kappa shape index (κ3) is 5.26. The molecule has 1 aliphatic rings. The first-order valence-corrected chi connectivity index (χ1v) is 9.46. The monoisotopic (exact) mass is 371 g/mol. The molecule has 8 heteroatoms. The molecule has 146 valence electrons. The summed E-state index contributed by atoms with van der Waals surface area (Å²) in [5, 5.41) is 7.58. The van der Waals surface area contributed by atoms with Gasteiger partial charge in [0.2, 0.25) is 11.9 Å². The van der Waals surface area contributed by atoms with Crippen molar-refractivity contribution in [1.82, 2.24) is 30.0 Å². The van der Waals surface area contributed by atoms with Crippen LogP contribution in [-0.4, -0.2) is 57.2 Å². The lowest BCUT2D eigenvalue weighted by molar-refractivity contribution is -0.121. The van der Waals surface area contributed by atoms with Crippen LogP contribution >= 0.6 is 0 Å². The number of nitrogens with one attached hydrogen (secondary N) is 1. The van der Waals surface area contributed by atoms with Gasteiger partial charge < -0.3 is 10.2 Å². The molecule has 0 radical (unpaired) electrons. The maximum absolute atomic E-state index is 11.8. The fraction of sp³-hybridized carbons (Fsp3) is 0.579. The van der Waals surface area contributed by atoms with E-state index in [0.29, 0.717) is 12.8 Å². The number of carbonyl (C=O) groups is 1. The molecule has 0 unspecified atom stereocenters. The highest BCUT2D eigenvalue weighted by atomic mass is 16.1. The van der Waals surface area contributed by atoms with Gasteiger partial charge in [0, 0.05) is 70.6 Å². The average molecular weight is 371 g/mol. The first-order valence-electron chi connectivity index (χ1n) is 9.46. The molecule has 0 saturated heterocycles. The quantitative estimate of drug-likeness (QED) is 0.788. The Morgan fingerprint density at radius 2 is 2.00 bits per heavy atom. The Labute approximate surface area is 160 Å². The lowest BCUT2D eigenvalue weighted by Gasteiger charge is -2.27. The van der Waals surface area contributed by atoms with E-state index in [9.17, 15) is 4.79 Å². The maximum atomic E-state index is 11.8. The van der Waals surface area contributed by atoms with E-state index in [1.54, 1.807) is 0 Å². The van der Waals surface area contributed by atoms with Crippen LogP contribution in [0.15, 0.2) is 18.5 Å². The predicted molar refractivity (Wildman–Crippen MR) is 104 cm³/mol. The number of nitrogens with zero attached hydrogens (tertiary/aromatic N) is 6.